The number of hydrogen-bond acceptors (Lipinski definition) is 3. The quantitative estimate of drug-likeness (QED) is 0.759. The Kier molecular flexibility index (Phi) is 2.77. The summed E-state index contributed by atoms with van der Waals surface area (Å²) in [7, 11) is 1.89. The third-order valence-corrected chi connectivity index (χ3v) is 2.99. The zero-order chi connectivity index (χ0) is 12.5. The second kappa shape index (κ2) is 4.44. The number of fused-ring (bicyclic) bond motifs is 1. The molecule has 5 nitrogen and oxygen atoms in total. The van der Waals surface area contributed by atoms with Crippen LogP contribution in [-0.4, -0.2) is 26.6 Å². The van der Waals surface area contributed by atoms with Crippen molar-refractivity contribution >= 4 is 17.4 Å². The van der Waals surface area contributed by atoms with Crippen molar-refractivity contribution in [3.8, 4) is 11.4 Å². The van der Waals surface area contributed by atoms with Gasteiger partial charge in [0.1, 0.15) is 0 Å². The number of nitrogens with zero attached hydrogens (tertiary/aromatic N) is 3. The number of benzene rings is 1. The average Bonchev–Trinajstić information content (AvgIpc) is 2.88. The van der Waals surface area contributed by atoms with Crippen LogP contribution in [0.3, 0.4) is 0 Å². The second-order valence-corrected chi connectivity index (χ2v) is 4.39. The molecule has 0 amide bonds. The molecular weight excluding hydrogens is 250 g/mol. The Balaban J connectivity index is 2.04. The molecule has 3 rings (SSSR count). The lowest BCUT2D eigenvalue weighted by Crippen LogP contribution is -2.05. The summed E-state index contributed by atoms with van der Waals surface area (Å²) in [6.07, 6.45) is 1.92. The first-order valence-electron chi connectivity index (χ1n) is 5.61. The maximum absolute atomic E-state index is 6.13. The smallest absolute Gasteiger partial charge is 0.251 e. The molecule has 0 aliphatic carbocycles. The van der Waals surface area contributed by atoms with Gasteiger partial charge in [-0.25, -0.2) is 9.50 Å². The zero-order valence-electron chi connectivity index (χ0n) is 9.81. The van der Waals surface area contributed by atoms with Gasteiger partial charge in [-0.2, -0.15) is 4.98 Å². The van der Waals surface area contributed by atoms with Crippen LogP contribution in [0.1, 0.15) is 5.69 Å². The van der Waals surface area contributed by atoms with Crippen molar-refractivity contribution in [2.75, 3.05) is 7.05 Å². The normalized spacial score (nSPS) is 11.2. The topological polar surface area (TPSA) is 58.0 Å². The van der Waals surface area contributed by atoms with Gasteiger partial charge < -0.3 is 5.32 Å². The summed E-state index contributed by atoms with van der Waals surface area (Å²) >= 11 is 6.13. The molecular formula is C12H12ClN5. The predicted molar refractivity (Wildman–Crippen MR) is 70.5 cm³/mol. The number of aromatic nitrogens is 4. The Morgan fingerprint density at radius 1 is 1.33 bits per heavy atom. The van der Waals surface area contributed by atoms with E-state index in [1.807, 2.05) is 37.5 Å². The molecule has 3 aromatic rings. The van der Waals surface area contributed by atoms with E-state index in [-0.39, 0.29) is 0 Å². The number of imidazole rings is 1. The minimum Gasteiger partial charge on any atom is -0.314 e. The molecule has 0 atom stereocenters. The van der Waals surface area contributed by atoms with Crippen LogP contribution in [0.2, 0.25) is 5.02 Å². The Morgan fingerprint density at radius 3 is 2.89 bits per heavy atom. The van der Waals surface area contributed by atoms with Crippen LogP contribution in [0, 0.1) is 0 Å². The van der Waals surface area contributed by atoms with Crippen molar-refractivity contribution in [1.29, 1.82) is 0 Å². The highest BCUT2D eigenvalue weighted by Crippen LogP contribution is 2.24. The van der Waals surface area contributed by atoms with Crippen LogP contribution in [-0.2, 0) is 6.54 Å². The summed E-state index contributed by atoms with van der Waals surface area (Å²) < 4.78 is 1.80. The molecule has 0 saturated carbocycles. The van der Waals surface area contributed by atoms with E-state index >= 15 is 0 Å². The molecule has 0 fully saturated rings. The van der Waals surface area contributed by atoms with Gasteiger partial charge in [0, 0.05) is 12.1 Å². The lowest BCUT2D eigenvalue weighted by molar-refractivity contribution is 0.795. The largest absolute Gasteiger partial charge is 0.314 e. The molecule has 0 unspecified atom stereocenters. The Morgan fingerprint density at radius 2 is 2.17 bits per heavy atom. The molecule has 2 N–H and O–H groups in total. The van der Waals surface area contributed by atoms with Crippen molar-refractivity contribution < 1.29 is 0 Å². The molecule has 0 bridgehead atoms. The van der Waals surface area contributed by atoms with Gasteiger partial charge in [-0.1, -0.05) is 23.7 Å². The highest BCUT2D eigenvalue weighted by Gasteiger charge is 2.10. The van der Waals surface area contributed by atoms with Gasteiger partial charge in [0.15, 0.2) is 5.82 Å². The van der Waals surface area contributed by atoms with Crippen LogP contribution >= 0.6 is 11.6 Å². The summed E-state index contributed by atoms with van der Waals surface area (Å²) in [6, 6.07) is 7.59. The molecule has 2 heterocycles. The maximum Gasteiger partial charge on any atom is 0.251 e. The van der Waals surface area contributed by atoms with Gasteiger partial charge >= 0.3 is 0 Å². The van der Waals surface area contributed by atoms with Crippen LogP contribution < -0.4 is 5.32 Å². The first kappa shape index (κ1) is 11.3. The fourth-order valence-corrected chi connectivity index (χ4v) is 2.08. The van der Waals surface area contributed by atoms with Gasteiger partial charge in [-0.3, -0.25) is 5.10 Å². The van der Waals surface area contributed by atoms with E-state index in [9.17, 15) is 0 Å². The van der Waals surface area contributed by atoms with E-state index in [0.29, 0.717) is 10.8 Å². The Hall–Kier alpha value is -1.85. The van der Waals surface area contributed by atoms with Crippen molar-refractivity contribution in [1.82, 2.24) is 24.9 Å². The maximum atomic E-state index is 6.13. The van der Waals surface area contributed by atoms with E-state index in [2.05, 4.69) is 20.4 Å². The van der Waals surface area contributed by atoms with Crippen molar-refractivity contribution in [2.45, 2.75) is 6.54 Å². The second-order valence-electron chi connectivity index (χ2n) is 3.98. The molecule has 92 valence electrons. The predicted octanol–water partition coefficient (Wildman–Crippen LogP) is 2.10. The van der Waals surface area contributed by atoms with E-state index in [1.165, 1.54) is 0 Å². The van der Waals surface area contributed by atoms with E-state index < -0.39 is 0 Å². The van der Waals surface area contributed by atoms with Crippen molar-refractivity contribution in [2.24, 2.45) is 0 Å². The van der Waals surface area contributed by atoms with Gasteiger partial charge in [0.25, 0.3) is 5.78 Å². The first-order chi connectivity index (χ1) is 8.78. The molecule has 0 aliphatic heterocycles. The number of rotatable bonds is 3. The molecule has 1 aromatic carbocycles. The fraction of sp³-hybridized carbons (Fsp3) is 0.167. The molecule has 0 radical (unpaired) electrons. The number of nitrogens with one attached hydrogen (secondary N) is 2. The van der Waals surface area contributed by atoms with Crippen molar-refractivity contribution in [3.05, 3.63) is 41.2 Å². The SMILES string of the molecule is CNCc1cn2[nH]c(-c3ccccc3Cl)nc2n1. The molecule has 2 aromatic heterocycles. The first-order valence-corrected chi connectivity index (χ1v) is 5.99. The average molecular weight is 262 g/mol. The van der Waals surface area contributed by atoms with Crippen LogP contribution in [0.5, 0.6) is 0 Å². The number of H-pyrrole nitrogens is 1. The third kappa shape index (κ3) is 1.87. The van der Waals surface area contributed by atoms with Crippen molar-refractivity contribution in [3.63, 3.8) is 0 Å². The number of hydrogen-bond donors (Lipinski definition) is 2. The van der Waals surface area contributed by atoms with Gasteiger partial charge in [-0.05, 0) is 19.2 Å². The van der Waals surface area contributed by atoms with E-state index in [0.717, 1.165) is 23.6 Å². The van der Waals surface area contributed by atoms with Crippen LogP contribution in [0.15, 0.2) is 30.5 Å². The zero-order valence-corrected chi connectivity index (χ0v) is 10.6. The molecule has 0 saturated heterocycles. The Bertz CT molecular complexity index is 653. The molecule has 6 heteroatoms. The summed E-state index contributed by atoms with van der Waals surface area (Å²) in [6.45, 7) is 0.721. The van der Waals surface area contributed by atoms with E-state index in [1.54, 1.807) is 4.52 Å². The van der Waals surface area contributed by atoms with Gasteiger partial charge in [0.2, 0.25) is 0 Å². The minimum absolute atomic E-state index is 0.648. The number of aromatic amines is 1. The van der Waals surface area contributed by atoms with Crippen LogP contribution in [0.25, 0.3) is 17.2 Å². The van der Waals surface area contributed by atoms with Gasteiger partial charge in [0.05, 0.1) is 16.9 Å². The highest BCUT2D eigenvalue weighted by molar-refractivity contribution is 6.33. The standard InChI is InChI=1S/C12H12ClN5/c1-14-6-8-7-18-12(15-8)16-11(17-18)9-4-2-3-5-10(9)13/h2-5,7,14H,6H2,1H3,(H,15,16,17). The van der Waals surface area contributed by atoms with Gasteiger partial charge in [-0.15, -0.1) is 0 Å². The fourth-order valence-electron chi connectivity index (χ4n) is 1.86. The number of halogens is 1. The lowest BCUT2D eigenvalue weighted by Gasteiger charge is -1.98. The highest BCUT2D eigenvalue weighted by atomic mass is 35.5. The summed E-state index contributed by atoms with van der Waals surface area (Å²) in [4.78, 5) is 8.82. The molecule has 18 heavy (non-hydrogen) atoms. The molecule has 0 spiro atoms. The summed E-state index contributed by atoms with van der Waals surface area (Å²) in [5.41, 5.74) is 1.82. The van der Waals surface area contributed by atoms with Crippen LogP contribution in [0.4, 0.5) is 0 Å². The van der Waals surface area contributed by atoms with E-state index in [4.69, 9.17) is 11.6 Å². The monoisotopic (exact) mass is 261 g/mol. The molecule has 0 aliphatic rings. The minimum atomic E-state index is 0.648. The lowest BCUT2D eigenvalue weighted by atomic mass is 10.2. The summed E-state index contributed by atoms with van der Waals surface area (Å²) in [5, 5.41) is 6.89. The Labute approximate surface area is 109 Å². The summed E-state index contributed by atoms with van der Waals surface area (Å²) in [5.74, 6) is 1.37. The third-order valence-electron chi connectivity index (χ3n) is 2.66.